The largest absolute Gasteiger partial charge is 0.497 e. The van der Waals surface area contributed by atoms with Crippen molar-refractivity contribution < 1.29 is 4.74 Å². The van der Waals surface area contributed by atoms with Gasteiger partial charge in [-0.1, -0.05) is 66.7 Å². The van der Waals surface area contributed by atoms with Crippen molar-refractivity contribution in [3.63, 3.8) is 0 Å². The van der Waals surface area contributed by atoms with Crippen molar-refractivity contribution in [3.05, 3.63) is 107 Å². The monoisotopic (exact) mass is 355 g/mol. The highest BCUT2D eigenvalue weighted by Gasteiger charge is 2.17. The molecule has 2 nitrogen and oxygen atoms in total. The summed E-state index contributed by atoms with van der Waals surface area (Å²) in [5.74, 6) is 0.941. The van der Waals surface area contributed by atoms with Gasteiger partial charge in [-0.25, -0.2) is 0 Å². The molecule has 27 heavy (non-hydrogen) atoms. The van der Waals surface area contributed by atoms with Crippen LogP contribution in [0.1, 0.15) is 28.7 Å². The normalized spacial score (nSPS) is 12.9. The second kappa shape index (κ2) is 8.13. The molecule has 3 aromatic carbocycles. The maximum Gasteiger partial charge on any atom is 0.119 e. The SMILES string of the molecule is COc1ccc2c(c1)CCC(N(Cc1ccccc1)Cc1ccccc1)=C2. The second-order valence-corrected chi connectivity index (χ2v) is 7.03. The number of nitrogens with zero attached hydrogens (tertiary/aromatic N) is 1. The van der Waals surface area contributed by atoms with Crippen LogP contribution in [0.5, 0.6) is 5.75 Å². The molecule has 0 fully saturated rings. The van der Waals surface area contributed by atoms with E-state index in [4.69, 9.17) is 4.74 Å². The van der Waals surface area contributed by atoms with Crippen LogP contribution in [0.4, 0.5) is 0 Å². The van der Waals surface area contributed by atoms with Crippen molar-refractivity contribution in [2.24, 2.45) is 0 Å². The number of ether oxygens (including phenoxy) is 1. The van der Waals surface area contributed by atoms with Crippen LogP contribution < -0.4 is 4.74 Å². The first-order chi connectivity index (χ1) is 13.3. The number of rotatable bonds is 6. The van der Waals surface area contributed by atoms with Crippen molar-refractivity contribution in [1.29, 1.82) is 0 Å². The van der Waals surface area contributed by atoms with Gasteiger partial charge in [0.15, 0.2) is 0 Å². The number of hydrogen-bond donors (Lipinski definition) is 0. The fourth-order valence-electron chi connectivity index (χ4n) is 3.70. The summed E-state index contributed by atoms with van der Waals surface area (Å²) in [6.07, 6.45) is 4.46. The van der Waals surface area contributed by atoms with E-state index in [1.807, 2.05) is 0 Å². The van der Waals surface area contributed by atoms with Gasteiger partial charge in [-0.2, -0.15) is 0 Å². The van der Waals surface area contributed by atoms with E-state index in [2.05, 4.69) is 89.8 Å². The maximum absolute atomic E-state index is 5.38. The molecule has 0 N–H and O–H groups in total. The van der Waals surface area contributed by atoms with Crippen LogP contribution in [0.3, 0.4) is 0 Å². The Kier molecular flexibility index (Phi) is 5.24. The van der Waals surface area contributed by atoms with Crippen molar-refractivity contribution in [2.75, 3.05) is 7.11 Å². The molecule has 0 atom stereocenters. The van der Waals surface area contributed by atoms with Gasteiger partial charge in [0.05, 0.1) is 7.11 Å². The first-order valence-electron chi connectivity index (χ1n) is 9.52. The van der Waals surface area contributed by atoms with E-state index in [9.17, 15) is 0 Å². The standard InChI is InChI=1S/C25H25NO/c1-27-25-15-13-22-16-24(14-12-23(22)17-25)26(18-20-8-4-2-5-9-20)19-21-10-6-3-7-11-21/h2-11,13,15-17H,12,14,18-19H2,1H3. The number of benzene rings is 3. The second-order valence-electron chi connectivity index (χ2n) is 7.03. The minimum atomic E-state index is 0.924. The molecular formula is C25H25NO. The molecule has 0 heterocycles. The Labute approximate surface area is 161 Å². The van der Waals surface area contributed by atoms with Crippen LogP contribution in [0.2, 0.25) is 0 Å². The van der Waals surface area contributed by atoms with E-state index in [1.165, 1.54) is 28.0 Å². The van der Waals surface area contributed by atoms with Gasteiger partial charge in [0.2, 0.25) is 0 Å². The average molecular weight is 355 g/mol. The molecule has 1 aliphatic carbocycles. The third-order valence-electron chi connectivity index (χ3n) is 5.16. The lowest BCUT2D eigenvalue weighted by atomic mass is 9.94. The van der Waals surface area contributed by atoms with Gasteiger partial charge in [0.1, 0.15) is 5.75 Å². The van der Waals surface area contributed by atoms with E-state index in [1.54, 1.807) is 7.11 Å². The highest BCUT2D eigenvalue weighted by Crippen LogP contribution is 2.30. The first kappa shape index (κ1) is 17.4. The minimum Gasteiger partial charge on any atom is -0.497 e. The molecule has 1 aliphatic rings. The summed E-state index contributed by atoms with van der Waals surface area (Å²) in [5, 5.41) is 0. The lowest BCUT2D eigenvalue weighted by Crippen LogP contribution is -2.24. The van der Waals surface area contributed by atoms with Gasteiger partial charge < -0.3 is 9.64 Å². The summed E-state index contributed by atoms with van der Waals surface area (Å²) in [6.45, 7) is 1.85. The van der Waals surface area contributed by atoms with Crippen molar-refractivity contribution >= 4 is 6.08 Å². The molecule has 0 amide bonds. The topological polar surface area (TPSA) is 12.5 Å². The number of hydrogen-bond acceptors (Lipinski definition) is 2. The van der Waals surface area contributed by atoms with Crippen molar-refractivity contribution in [2.45, 2.75) is 25.9 Å². The Bertz CT molecular complexity index is 874. The summed E-state index contributed by atoms with van der Waals surface area (Å²) in [7, 11) is 1.73. The van der Waals surface area contributed by atoms with Gasteiger partial charge in [0, 0.05) is 18.8 Å². The molecule has 0 unspecified atom stereocenters. The van der Waals surface area contributed by atoms with Crippen LogP contribution >= 0.6 is 0 Å². The van der Waals surface area contributed by atoms with Crippen LogP contribution in [0.15, 0.2) is 84.6 Å². The number of fused-ring (bicyclic) bond motifs is 1. The van der Waals surface area contributed by atoms with Gasteiger partial charge in [-0.05, 0) is 53.3 Å². The van der Waals surface area contributed by atoms with E-state index in [-0.39, 0.29) is 0 Å². The van der Waals surface area contributed by atoms with E-state index >= 15 is 0 Å². The minimum absolute atomic E-state index is 0.924. The molecule has 0 radical (unpaired) electrons. The summed E-state index contributed by atoms with van der Waals surface area (Å²) in [4.78, 5) is 2.51. The molecule has 2 heteroatoms. The quantitative estimate of drug-likeness (QED) is 0.564. The lowest BCUT2D eigenvalue weighted by molar-refractivity contribution is 0.318. The lowest BCUT2D eigenvalue weighted by Gasteiger charge is -2.30. The maximum atomic E-state index is 5.38. The highest BCUT2D eigenvalue weighted by atomic mass is 16.5. The Balaban J connectivity index is 1.64. The Morgan fingerprint density at radius 2 is 1.41 bits per heavy atom. The predicted octanol–water partition coefficient (Wildman–Crippen LogP) is 5.68. The molecule has 3 aromatic rings. The van der Waals surface area contributed by atoms with Gasteiger partial charge in [0.25, 0.3) is 0 Å². The Morgan fingerprint density at radius 1 is 0.778 bits per heavy atom. The molecule has 4 rings (SSSR count). The van der Waals surface area contributed by atoms with Crippen LogP contribution in [-0.4, -0.2) is 12.0 Å². The number of methoxy groups -OCH3 is 1. The van der Waals surface area contributed by atoms with E-state index in [0.717, 1.165) is 31.7 Å². The fraction of sp³-hybridized carbons (Fsp3) is 0.200. The fourth-order valence-corrected chi connectivity index (χ4v) is 3.70. The van der Waals surface area contributed by atoms with Gasteiger partial charge >= 0.3 is 0 Å². The molecule has 0 saturated heterocycles. The van der Waals surface area contributed by atoms with Gasteiger partial charge in [-0.3, -0.25) is 0 Å². The molecular weight excluding hydrogens is 330 g/mol. The number of allylic oxidation sites excluding steroid dienone is 1. The molecule has 136 valence electrons. The summed E-state index contributed by atoms with van der Waals surface area (Å²) in [6, 6.07) is 27.9. The molecule has 0 bridgehead atoms. The predicted molar refractivity (Wildman–Crippen MR) is 111 cm³/mol. The molecule has 0 saturated carbocycles. The van der Waals surface area contributed by atoms with Crippen LogP contribution in [-0.2, 0) is 19.5 Å². The number of aryl methyl sites for hydroxylation is 1. The third kappa shape index (κ3) is 4.22. The summed E-state index contributed by atoms with van der Waals surface area (Å²) < 4.78 is 5.38. The van der Waals surface area contributed by atoms with Crippen LogP contribution in [0.25, 0.3) is 6.08 Å². The zero-order valence-electron chi connectivity index (χ0n) is 15.8. The molecule has 0 aliphatic heterocycles. The summed E-state index contributed by atoms with van der Waals surface area (Å²) >= 11 is 0. The average Bonchev–Trinajstić information content (AvgIpc) is 2.74. The van der Waals surface area contributed by atoms with E-state index < -0.39 is 0 Å². The van der Waals surface area contributed by atoms with Crippen molar-refractivity contribution in [1.82, 2.24) is 4.90 Å². The smallest absolute Gasteiger partial charge is 0.119 e. The van der Waals surface area contributed by atoms with Crippen molar-refractivity contribution in [3.8, 4) is 5.75 Å². The zero-order valence-corrected chi connectivity index (χ0v) is 15.8. The first-order valence-corrected chi connectivity index (χ1v) is 9.52. The molecule has 0 spiro atoms. The Morgan fingerprint density at radius 3 is 2.00 bits per heavy atom. The van der Waals surface area contributed by atoms with E-state index in [0.29, 0.717) is 0 Å². The highest BCUT2D eigenvalue weighted by molar-refractivity contribution is 5.60. The molecule has 0 aromatic heterocycles. The zero-order chi connectivity index (χ0) is 18.5. The van der Waals surface area contributed by atoms with Crippen LogP contribution in [0, 0.1) is 0 Å². The summed E-state index contributed by atoms with van der Waals surface area (Å²) in [5.41, 5.74) is 6.77. The van der Waals surface area contributed by atoms with Gasteiger partial charge in [-0.15, -0.1) is 0 Å². The third-order valence-corrected chi connectivity index (χ3v) is 5.16. The Hall–Kier alpha value is -3.00.